The summed E-state index contributed by atoms with van der Waals surface area (Å²) in [4.78, 5) is 13.3. The van der Waals surface area contributed by atoms with Crippen LogP contribution in [0.15, 0.2) is 53.7 Å². The first-order valence-electron chi connectivity index (χ1n) is 8.41. The van der Waals surface area contributed by atoms with Crippen LogP contribution in [0.25, 0.3) is 0 Å². The van der Waals surface area contributed by atoms with Crippen LogP contribution in [-0.4, -0.2) is 55.1 Å². The van der Waals surface area contributed by atoms with Gasteiger partial charge < -0.3 is 16.0 Å². The average Bonchev–Trinajstić information content (AvgIpc) is 2.63. The summed E-state index contributed by atoms with van der Waals surface area (Å²) in [6, 6.07) is 13.7. The van der Waals surface area contributed by atoms with Crippen molar-refractivity contribution in [2.45, 2.75) is 0 Å². The van der Waals surface area contributed by atoms with Crippen LogP contribution in [0.2, 0.25) is 5.02 Å². The molecular weight excluding hydrogens is 463 g/mol. The first-order valence-corrected chi connectivity index (χ1v) is 8.79. The molecule has 1 aromatic heterocycles. The molecule has 2 heterocycles. The van der Waals surface area contributed by atoms with Gasteiger partial charge in [-0.15, -0.1) is 24.0 Å². The molecule has 0 bridgehead atoms. The highest BCUT2D eigenvalue weighted by molar-refractivity contribution is 14.0. The zero-order chi connectivity index (χ0) is 17.5. The lowest BCUT2D eigenvalue weighted by Gasteiger charge is -2.35. The monoisotopic (exact) mass is 486 g/mol. The van der Waals surface area contributed by atoms with Gasteiger partial charge in [0.05, 0.1) is 6.54 Å². The zero-order valence-corrected chi connectivity index (χ0v) is 17.6. The molecule has 0 saturated carbocycles. The summed E-state index contributed by atoms with van der Waals surface area (Å²) in [5.41, 5.74) is 7.08. The van der Waals surface area contributed by atoms with Crippen molar-refractivity contribution >= 4 is 53.0 Å². The van der Waals surface area contributed by atoms with Crippen molar-refractivity contribution in [1.29, 1.82) is 0 Å². The molecule has 1 fully saturated rings. The number of nitrogens with one attached hydrogen (secondary N) is 1. The first kappa shape index (κ1) is 20.7. The number of nitrogens with two attached hydrogens (primary N) is 1. The molecule has 0 atom stereocenters. The summed E-state index contributed by atoms with van der Waals surface area (Å²) in [7, 11) is 0. The predicted octanol–water partition coefficient (Wildman–Crippen LogP) is 2.90. The fourth-order valence-electron chi connectivity index (χ4n) is 2.82. The van der Waals surface area contributed by atoms with Crippen LogP contribution in [0.5, 0.6) is 0 Å². The summed E-state index contributed by atoms with van der Waals surface area (Å²) < 4.78 is 0. The molecule has 1 aromatic carbocycles. The number of pyridine rings is 1. The zero-order valence-electron chi connectivity index (χ0n) is 14.5. The van der Waals surface area contributed by atoms with E-state index in [0.717, 1.165) is 37.7 Å². The van der Waals surface area contributed by atoms with Gasteiger partial charge in [-0.1, -0.05) is 23.7 Å². The number of piperazine rings is 1. The maximum Gasteiger partial charge on any atom is 0.194 e. The number of halogens is 2. The first-order chi connectivity index (χ1) is 12.2. The Morgan fingerprint density at radius 2 is 1.96 bits per heavy atom. The number of benzene rings is 1. The number of anilines is 2. The Balaban J connectivity index is 0.00000243. The van der Waals surface area contributed by atoms with E-state index in [9.17, 15) is 0 Å². The highest BCUT2D eigenvalue weighted by Gasteiger charge is 2.16. The second kappa shape index (κ2) is 10.5. The molecule has 2 aromatic rings. The van der Waals surface area contributed by atoms with Crippen molar-refractivity contribution in [3.05, 3.63) is 53.7 Å². The third-order valence-electron chi connectivity index (χ3n) is 4.17. The summed E-state index contributed by atoms with van der Waals surface area (Å²) in [6.07, 6.45) is 1.72. The highest BCUT2D eigenvalue weighted by atomic mass is 127. The molecule has 6 nitrogen and oxygen atoms in total. The normalized spacial score (nSPS) is 15.4. The predicted molar refractivity (Wildman–Crippen MR) is 120 cm³/mol. The van der Waals surface area contributed by atoms with Crippen molar-refractivity contribution in [2.24, 2.45) is 10.7 Å². The highest BCUT2D eigenvalue weighted by Crippen LogP contribution is 2.20. The fourth-order valence-corrected chi connectivity index (χ4v) is 3.01. The van der Waals surface area contributed by atoms with E-state index in [0.29, 0.717) is 18.3 Å². The minimum Gasteiger partial charge on any atom is -0.370 e. The summed E-state index contributed by atoms with van der Waals surface area (Å²) in [5, 5.41) is 3.77. The maximum atomic E-state index is 6.07. The van der Waals surface area contributed by atoms with Gasteiger partial charge in [-0.05, 0) is 30.3 Å². The van der Waals surface area contributed by atoms with Gasteiger partial charge in [-0.25, -0.2) is 4.98 Å². The second-order valence-electron chi connectivity index (χ2n) is 5.92. The van der Waals surface area contributed by atoms with Gasteiger partial charge in [0.1, 0.15) is 5.82 Å². The van der Waals surface area contributed by atoms with Crippen LogP contribution in [0.4, 0.5) is 11.5 Å². The number of aromatic nitrogens is 1. The van der Waals surface area contributed by atoms with Crippen LogP contribution in [0, 0.1) is 0 Å². The number of guanidine groups is 1. The molecule has 0 radical (unpaired) electrons. The molecule has 26 heavy (non-hydrogen) atoms. The molecule has 0 amide bonds. The Kier molecular flexibility index (Phi) is 8.40. The minimum atomic E-state index is 0. The minimum absolute atomic E-state index is 0. The molecule has 0 spiro atoms. The van der Waals surface area contributed by atoms with Gasteiger partial charge >= 0.3 is 0 Å². The Morgan fingerprint density at radius 3 is 2.65 bits per heavy atom. The van der Waals surface area contributed by atoms with E-state index < -0.39 is 0 Å². The molecule has 0 aliphatic carbocycles. The molecule has 1 saturated heterocycles. The molecule has 3 rings (SSSR count). The average molecular weight is 487 g/mol. The molecule has 1 aliphatic rings. The standard InChI is InChI=1S/C18H23ClN6.HI/c19-15-4-3-5-16(14-15)25-12-10-24(11-13-25)9-8-22-18(20)23-17-6-1-2-7-21-17;/h1-7,14H,8-13H2,(H3,20,21,22,23);1H. The summed E-state index contributed by atoms with van der Waals surface area (Å²) in [5.74, 6) is 1.11. The van der Waals surface area contributed by atoms with Crippen LogP contribution in [-0.2, 0) is 0 Å². The van der Waals surface area contributed by atoms with Crippen LogP contribution in [0.1, 0.15) is 0 Å². The smallest absolute Gasteiger partial charge is 0.194 e. The molecule has 8 heteroatoms. The Hall–Kier alpha value is -1.58. The lowest BCUT2D eigenvalue weighted by Crippen LogP contribution is -2.47. The maximum absolute atomic E-state index is 6.07. The quantitative estimate of drug-likeness (QED) is 0.386. The van der Waals surface area contributed by atoms with E-state index in [1.54, 1.807) is 6.20 Å². The van der Waals surface area contributed by atoms with E-state index in [2.05, 4.69) is 31.2 Å². The van der Waals surface area contributed by atoms with Gasteiger partial charge in [0.25, 0.3) is 0 Å². The van der Waals surface area contributed by atoms with E-state index in [4.69, 9.17) is 17.3 Å². The van der Waals surface area contributed by atoms with Gasteiger partial charge in [0.15, 0.2) is 5.96 Å². The van der Waals surface area contributed by atoms with Crippen molar-refractivity contribution in [1.82, 2.24) is 9.88 Å². The number of rotatable bonds is 5. The van der Waals surface area contributed by atoms with Gasteiger partial charge in [-0.2, -0.15) is 0 Å². The van der Waals surface area contributed by atoms with E-state index in [-0.39, 0.29) is 24.0 Å². The van der Waals surface area contributed by atoms with Gasteiger partial charge in [0, 0.05) is 49.6 Å². The number of aliphatic imine (C=N–C) groups is 1. The van der Waals surface area contributed by atoms with Gasteiger partial charge in [0.2, 0.25) is 0 Å². The molecule has 140 valence electrons. The topological polar surface area (TPSA) is 69.8 Å². The number of nitrogens with zero attached hydrogens (tertiary/aromatic N) is 4. The lowest BCUT2D eigenvalue weighted by atomic mass is 10.2. The second-order valence-corrected chi connectivity index (χ2v) is 6.35. The third-order valence-corrected chi connectivity index (χ3v) is 4.40. The Morgan fingerprint density at radius 1 is 1.15 bits per heavy atom. The molecule has 0 unspecified atom stereocenters. The van der Waals surface area contributed by atoms with Crippen LogP contribution < -0.4 is 16.0 Å². The van der Waals surface area contributed by atoms with Crippen LogP contribution in [0.3, 0.4) is 0 Å². The number of hydrogen-bond donors (Lipinski definition) is 2. The van der Waals surface area contributed by atoms with E-state index >= 15 is 0 Å². The molecule has 3 N–H and O–H groups in total. The van der Waals surface area contributed by atoms with Gasteiger partial charge in [-0.3, -0.25) is 9.89 Å². The largest absolute Gasteiger partial charge is 0.370 e. The van der Waals surface area contributed by atoms with Crippen LogP contribution >= 0.6 is 35.6 Å². The van der Waals surface area contributed by atoms with Crippen molar-refractivity contribution in [3.8, 4) is 0 Å². The molecular formula is C18H24ClIN6. The fraction of sp³-hybridized carbons (Fsp3) is 0.333. The molecule has 1 aliphatic heterocycles. The van der Waals surface area contributed by atoms with Crippen molar-refractivity contribution in [2.75, 3.05) is 49.5 Å². The van der Waals surface area contributed by atoms with Crippen molar-refractivity contribution < 1.29 is 0 Å². The van der Waals surface area contributed by atoms with E-state index in [1.807, 2.05) is 36.4 Å². The summed E-state index contributed by atoms with van der Waals surface area (Å²) in [6.45, 7) is 5.57. The number of hydrogen-bond acceptors (Lipinski definition) is 4. The van der Waals surface area contributed by atoms with Crippen molar-refractivity contribution in [3.63, 3.8) is 0 Å². The lowest BCUT2D eigenvalue weighted by molar-refractivity contribution is 0.265. The summed E-state index contributed by atoms with van der Waals surface area (Å²) >= 11 is 6.07. The third kappa shape index (κ3) is 6.30. The Bertz CT molecular complexity index is 704. The van der Waals surface area contributed by atoms with E-state index in [1.165, 1.54) is 5.69 Å². The Labute approximate surface area is 176 Å². The SMILES string of the molecule is I.NC(=NCCN1CCN(c2cccc(Cl)c2)CC1)Nc1ccccn1.